The SMILES string of the molecule is COC=C(C(=O)OC)c1ccccc1Oc1cccc(Oc2cccc([N+](=O)[O-])c2)c1. The number of non-ortho nitro benzene ring substituents is 1. The van der Waals surface area contributed by atoms with Gasteiger partial charge < -0.3 is 18.9 Å². The van der Waals surface area contributed by atoms with Gasteiger partial charge in [-0.15, -0.1) is 0 Å². The van der Waals surface area contributed by atoms with Crippen LogP contribution in [0, 0.1) is 10.1 Å². The molecule has 0 bridgehead atoms. The zero-order chi connectivity index (χ0) is 22.2. The monoisotopic (exact) mass is 421 g/mol. The average Bonchev–Trinajstić information content (AvgIpc) is 2.78. The number of esters is 1. The molecule has 3 aromatic rings. The van der Waals surface area contributed by atoms with Crippen molar-refractivity contribution < 1.29 is 28.7 Å². The quantitative estimate of drug-likeness (QED) is 0.159. The Morgan fingerprint density at radius 1 is 0.871 bits per heavy atom. The molecule has 0 heterocycles. The predicted octanol–water partition coefficient (Wildman–Crippen LogP) is 5.34. The minimum Gasteiger partial charge on any atom is -0.503 e. The molecule has 0 saturated heterocycles. The summed E-state index contributed by atoms with van der Waals surface area (Å²) in [7, 11) is 2.71. The van der Waals surface area contributed by atoms with Gasteiger partial charge in [0.05, 0.1) is 31.5 Å². The van der Waals surface area contributed by atoms with Gasteiger partial charge >= 0.3 is 5.97 Å². The Balaban J connectivity index is 1.87. The first-order chi connectivity index (χ1) is 15.0. The minimum absolute atomic E-state index is 0.0703. The van der Waals surface area contributed by atoms with Crippen molar-refractivity contribution in [3.8, 4) is 23.0 Å². The number of nitrogens with zero attached hydrogens (tertiary/aromatic N) is 1. The minimum atomic E-state index is -0.569. The number of ether oxygens (including phenoxy) is 4. The fraction of sp³-hybridized carbons (Fsp3) is 0.0870. The first-order valence-corrected chi connectivity index (χ1v) is 9.12. The molecular formula is C23H19NO7. The summed E-state index contributed by atoms with van der Waals surface area (Å²) in [5.41, 5.74) is 0.616. The topological polar surface area (TPSA) is 97.1 Å². The summed E-state index contributed by atoms with van der Waals surface area (Å²) < 4.78 is 21.5. The lowest BCUT2D eigenvalue weighted by molar-refractivity contribution is -0.384. The molecule has 0 radical (unpaired) electrons. The first-order valence-electron chi connectivity index (χ1n) is 9.12. The second-order valence-corrected chi connectivity index (χ2v) is 6.19. The summed E-state index contributed by atoms with van der Waals surface area (Å²) in [5.74, 6) is 1.03. The summed E-state index contributed by atoms with van der Waals surface area (Å²) in [6.45, 7) is 0. The highest BCUT2D eigenvalue weighted by Gasteiger charge is 2.18. The van der Waals surface area contributed by atoms with Gasteiger partial charge in [-0.05, 0) is 24.3 Å². The van der Waals surface area contributed by atoms with Gasteiger partial charge in [-0.2, -0.15) is 0 Å². The molecule has 0 amide bonds. The fourth-order valence-corrected chi connectivity index (χ4v) is 2.75. The van der Waals surface area contributed by atoms with Crippen LogP contribution in [0.15, 0.2) is 79.1 Å². The third-order valence-corrected chi connectivity index (χ3v) is 4.12. The van der Waals surface area contributed by atoms with E-state index in [1.807, 2.05) is 0 Å². The van der Waals surface area contributed by atoms with Crippen molar-refractivity contribution in [1.29, 1.82) is 0 Å². The number of rotatable bonds is 8. The molecule has 0 unspecified atom stereocenters. The third kappa shape index (κ3) is 5.39. The van der Waals surface area contributed by atoms with Crippen molar-refractivity contribution in [1.82, 2.24) is 0 Å². The van der Waals surface area contributed by atoms with Crippen molar-refractivity contribution in [2.75, 3.05) is 14.2 Å². The molecule has 0 saturated carbocycles. The summed E-state index contributed by atoms with van der Waals surface area (Å²) >= 11 is 0. The van der Waals surface area contributed by atoms with Crippen LogP contribution in [0.4, 0.5) is 5.69 Å². The number of carbonyl (C=O) groups is 1. The van der Waals surface area contributed by atoms with Crippen molar-refractivity contribution in [3.63, 3.8) is 0 Å². The smallest absolute Gasteiger partial charge is 0.341 e. The number of para-hydroxylation sites is 1. The molecule has 158 valence electrons. The lowest BCUT2D eigenvalue weighted by atomic mass is 10.1. The largest absolute Gasteiger partial charge is 0.503 e. The van der Waals surface area contributed by atoms with Gasteiger partial charge in [0.25, 0.3) is 5.69 Å². The van der Waals surface area contributed by atoms with Crippen LogP contribution in [-0.4, -0.2) is 25.1 Å². The van der Waals surface area contributed by atoms with Crippen molar-refractivity contribution >= 4 is 17.2 Å². The molecule has 0 aromatic heterocycles. The molecule has 8 heteroatoms. The van der Waals surface area contributed by atoms with Crippen LogP contribution in [0.5, 0.6) is 23.0 Å². The highest BCUT2D eigenvalue weighted by molar-refractivity contribution is 6.17. The molecule has 3 rings (SSSR count). The Labute approximate surface area is 178 Å². The molecule has 0 spiro atoms. The molecule has 0 atom stereocenters. The van der Waals surface area contributed by atoms with E-state index in [2.05, 4.69) is 0 Å². The Kier molecular flexibility index (Phi) is 6.85. The molecule has 0 aliphatic heterocycles. The molecular weight excluding hydrogens is 402 g/mol. The van der Waals surface area contributed by atoms with Crippen molar-refractivity contribution in [3.05, 3.63) is 94.7 Å². The second-order valence-electron chi connectivity index (χ2n) is 6.19. The van der Waals surface area contributed by atoms with E-state index in [4.69, 9.17) is 18.9 Å². The second kappa shape index (κ2) is 9.93. The Bertz CT molecular complexity index is 1120. The van der Waals surface area contributed by atoms with E-state index < -0.39 is 10.9 Å². The normalized spacial score (nSPS) is 10.8. The maximum atomic E-state index is 12.1. The molecule has 0 aliphatic rings. The van der Waals surface area contributed by atoms with E-state index in [-0.39, 0.29) is 11.3 Å². The highest BCUT2D eigenvalue weighted by atomic mass is 16.6. The molecule has 3 aromatic carbocycles. The van der Waals surface area contributed by atoms with E-state index in [1.54, 1.807) is 60.7 Å². The zero-order valence-corrected chi connectivity index (χ0v) is 16.8. The van der Waals surface area contributed by atoms with Gasteiger partial charge in [-0.25, -0.2) is 4.79 Å². The number of nitro benzene ring substituents is 1. The molecule has 8 nitrogen and oxygen atoms in total. The number of benzene rings is 3. The summed E-state index contributed by atoms with van der Waals surface area (Å²) in [5, 5.41) is 10.9. The van der Waals surface area contributed by atoms with Gasteiger partial charge in [0.1, 0.15) is 28.6 Å². The molecule has 0 aliphatic carbocycles. The summed E-state index contributed by atoms with van der Waals surface area (Å²) in [6, 6.07) is 19.6. The van der Waals surface area contributed by atoms with Crippen LogP contribution in [0.2, 0.25) is 0 Å². The maximum Gasteiger partial charge on any atom is 0.341 e. The lowest BCUT2D eigenvalue weighted by Gasteiger charge is -2.13. The van der Waals surface area contributed by atoms with Crippen LogP contribution >= 0.6 is 0 Å². The third-order valence-electron chi connectivity index (χ3n) is 4.12. The number of carbonyl (C=O) groups excluding carboxylic acids is 1. The number of hydrogen-bond acceptors (Lipinski definition) is 7. The van der Waals surface area contributed by atoms with Crippen LogP contribution in [-0.2, 0) is 14.3 Å². The maximum absolute atomic E-state index is 12.1. The fourth-order valence-electron chi connectivity index (χ4n) is 2.75. The molecule has 0 N–H and O–H groups in total. The van der Waals surface area contributed by atoms with Gasteiger partial charge in [0, 0.05) is 17.7 Å². The van der Waals surface area contributed by atoms with Gasteiger partial charge in [0.2, 0.25) is 0 Å². The Hall–Kier alpha value is -4.33. The Morgan fingerprint density at radius 3 is 2.19 bits per heavy atom. The predicted molar refractivity (Wildman–Crippen MR) is 113 cm³/mol. The summed E-state index contributed by atoms with van der Waals surface area (Å²) in [4.78, 5) is 22.6. The zero-order valence-electron chi connectivity index (χ0n) is 16.8. The lowest BCUT2D eigenvalue weighted by Crippen LogP contribution is -2.05. The van der Waals surface area contributed by atoms with Crippen molar-refractivity contribution in [2.24, 2.45) is 0 Å². The molecule has 31 heavy (non-hydrogen) atoms. The van der Waals surface area contributed by atoms with E-state index in [1.165, 1.54) is 32.6 Å². The Morgan fingerprint density at radius 2 is 1.52 bits per heavy atom. The van der Waals surface area contributed by atoms with E-state index in [0.717, 1.165) is 0 Å². The van der Waals surface area contributed by atoms with Crippen LogP contribution < -0.4 is 9.47 Å². The average molecular weight is 421 g/mol. The first kappa shape index (κ1) is 21.4. The van der Waals surface area contributed by atoms with Gasteiger partial charge in [0.15, 0.2) is 0 Å². The highest BCUT2D eigenvalue weighted by Crippen LogP contribution is 2.33. The van der Waals surface area contributed by atoms with Crippen molar-refractivity contribution in [2.45, 2.75) is 0 Å². The number of hydrogen-bond donors (Lipinski definition) is 0. The van der Waals surface area contributed by atoms with Crippen LogP contribution in [0.25, 0.3) is 5.57 Å². The number of nitro groups is 1. The van der Waals surface area contributed by atoms with Gasteiger partial charge in [-0.3, -0.25) is 10.1 Å². The van der Waals surface area contributed by atoms with Gasteiger partial charge in [-0.1, -0.05) is 30.3 Å². The number of methoxy groups -OCH3 is 2. The van der Waals surface area contributed by atoms with Crippen LogP contribution in [0.1, 0.15) is 5.56 Å². The standard InChI is InChI=1S/C23H19NO7/c1-28-15-21(23(25)29-2)20-11-3-4-12-22(20)31-19-10-6-9-18(14-19)30-17-8-5-7-16(13-17)24(26)27/h3-15H,1-2H3. The van der Waals surface area contributed by atoms with E-state index in [9.17, 15) is 14.9 Å². The van der Waals surface area contributed by atoms with E-state index in [0.29, 0.717) is 28.6 Å². The summed E-state index contributed by atoms with van der Waals surface area (Å²) in [6.07, 6.45) is 1.29. The molecule has 0 fully saturated rings. The van der Waals surface area contributed by atoms with Crippen LogP contribution in [0.3, 0.4) is 0 Å². The van der Waals surface area contributed by atoms with E-state index >= 15 is 0 Å².